The van der Waals surface area contributed by atoms with Crippen LogP contribution in [0.2, 0.25) is 0 Å². The zero-order valence-electron chi connectivity index (χ0n) is 8.72. The zero-order chi connectivity index (χ0) is 11.8. The van der Waals surface area contributed by atoms with Crippen molar-refractivity contribution in [2.45, 2.75) is 6.42 Å². The Balaban J connectivity index is 2.34. The van der Waals surface area contributed by atoms with E-state index < -0.39 is 5.97 Å². The van der Waals surface area contributed by atoms with E-state index in [2.05, 4.69) is 5.32 Å². The van der Waals surface area contributed by atoms with Gasteiger partial charge in [0, 0.05) is 12.6 Å². The lowest BCUT2D eigenvalue weighted by atomic mass is 10.2. The Bertz CT molecular complexity index is 385. The molecule has 16 heavy (non-hydrogen) atoms. The lowest BCUT2D eigenvalue weighted by Crippen LogP contribution is -2.23. The Morgan fingerprint density at radius 2 is 1.94 bits per heavy atom. The van der Waals surface area contributed by atoms with Crippen LogP contribution in [-0.4, -0.2) is 23.5 Å². The highest BCUT2D eigenvalue weighted by Gasteiger charge is 1.98. The lowest BCUT2D eigenvalue weighted by molar-refractivity contribution is -0.136. The number of hydrogen-bond acceptors (Lipinski definition) is 2. The summed E-state index contributed by atoms with van der Waals surface area (Å²) >= 11 is 0. The van der Waals surface area contributed by atoms with Crippen molar-refractivity contribution < 1.29 is 14.7 Å². The van der Waals surface area contributed by atoms with Crippen molar-refractivity contribution in [1.82, 2.24) is 5.32 Å². The molecule has 0 aliphatic carbocycles. The first-order valence-electron chi connectivity index (χ1n) is 4.91. The molecule has 0 saturated heterocycles. The molecule has 0 spiro atoms. The molecule has 1 aromatic carbocycles. The summed E-state index contributed by atoms with van der Waals surface area (Å²) in [6, 6.07) is 9.40. The van der Waals surface area contributed by atoms with Crippen LogP contribution in [0.5, 0.6) is 0 Å². The van der Waals surface area contributed by atoms with Crippen molar-refractivity contribution in [3.63, 3.8) is 0 Å². The van der Waals surface area contributed by atoms with Crippen LogP contribution in [0.15, 0.2) is 36.4 Å². The van der Waals surface area contributed by atoms with Crippen molar-refractivity contribution in [1.29, 1.82) is 0 Å². The minimum absolute atomic E-state index is 0.0646. The SMILES string of the molecule is O=C(O)CCNC(=O)C=Cc1ccccc1. The zero-order valence-corrected chi connectivity index (χ0v) is 8.72. The monoisotopic (exact) mass is 219 g/mol. The van der Waals surface area contributed by atoms with Gasteiger partial charge in [-0.05, 0) is 11.6 Å². The molecule has 0 aliphatic rings. The average Bonchev–Trinajstić information content (AvgIpc) is 2.27. The van der Waals surface area contributed by atoms with E-state index in [-0.39, 0.29) is 18.9 Å². The largest absolute Gasteiger partial charge is 0.481 e. The number of carboxylic acids is 1. The van der Waals surface area contributed by atoms with Gasteiger partial charge in [-0.2, -0.15) is 0 Å². The highest BCUT2D eigenvalue weighted by atomic mass is 16.4. The topological polar surface area (TPSA) is 66.4 Å². The second-order valence-corrected chi connectivity index (χ2v) is 3.18. The second-order valence-electron chi connectivity index (χ2n) is 3.18. The molecule has 0 aliphatic heterocycles. The van der Waals surface area contributed by atoms with Crippen LogP contribution in [0.25, 0.3) is 6.08 Å². The molecule has 0 unspecified atom stereocenters. The van der Waals surface area contributed by atoms with E-state index >= 15 is 0 Å². The Hall–Kier alpha value is -2.10. The van der Waals surface area contributed by atoms with E-state index in [1.165, 1.54) is 6.08 Å². The number of nitrogens with one attached hydrogen (secondary N) is 1. The predicted molar refractivity (Wildman–Crippen MR) is 60.7 cm³/mol. The van der Waals surface area contributed by atoms with E-state index in [4.69, 9.17) is 5.11 Å². The standard InChI is InChI=1S/C12H13NO3/c14-11(13-9-8-12(15)16)7-6-10-4-2-1-3-5-10/h1-7H,8-9H2,(H,13,14)(H,15,16). The van der Waals surface area contributed by atoms with Gasteiger partial charge in [0.05, 0.1) is 6.42 Å². The molecule has 0 aromatic heterocycles. The Morgan fingerprint density at radius 3 is 2.56 bits per heavy atom. The Kier molecular flexibility index (Phi) is 4.79. The van der Waals surface area contributed by atoms with E-state index in [1.54, 1.807) is 6.08 Å². The maximum atomic E-state index is 11.2. The van der Waals surface area contributed by atoms with E-state index in [9.17, 15) is 9.59 Å². The maximum absolute atomic E-state index is 11.2. The summed E-state index contributed by atoms with van der Waals surface area (Å²) in [7, 11) is 0. The van der Waals surface area contributed by atoms with Crippen molar-refractivity contribution in [2.24, 2.45) is 0 Å². The minimum atomic E-state index is -0.924. The molecule has 4 nitrogen and oxygen atoms in total. The molecule has 1 rings (SSSR count). The van der Waals surface area contributed by atoms with Gasteiger partial charge in [-0.25, -0.2) is 0 Å². The molecule has 0 heterocycles. The smallest absolute Gasteiger partial charge is 0.305 e. The number of carbonyl (C=O) groups is 2. The quantitative estimate of drug-likeness (QED) is 0.733. The fraction of sp³-hybridized carbons (Fsp3) is 0.167. The summed E-state index contributed by atoms with van der Waals surface area (Å²) in [5, 5.41) is 10.8. The molecule has 84 valence electrons. The van der Waals surface area contributed by atoms with Crippen LogP contribution in [-0.2, 0) is 9.59 Å². The number of rotatable bonds is 5. The summed E-state index contributed by atoms with van der Waals surface area (Å²) in [4.78, 5) is 21.4. The first-order valence-corrected chi connectivity index (χ1v) is 4.91. The molecule has 4 heteroatoms. The van der Waals surface area contributed by atoms with Crippen LogP contribution in [0.4, 0.5) is 0 Å². The number of hydrogen-bond donors (Lipinski definition) is 2. The number of amides is 1. The van der Waals surface area contributed by atoms with Crippen molar-refractivity contribution >= 4 is 18.0 Å². The van der Waals surface area contributed by atoms with Crippen LogP contribution >= 0.6 is 0 Å². The second kappa shape index (κ2) is 6.40. The Morgan fingerprint density at radius 1 is 1.25 bits per heavy atom. The van der Waals surface area contributed by atoms with Crippen LogP contribution in [0.1, 0.15) is 12.0 Å². The van der Waals surface area contributed by atoms with Crippen LogP contribution < -0.4 is 5.32 Å². The lowest BCUT2D eigenvalue weighted by Gasteiger charge is -1.98. The molecule has 0 fully saturated rings. The molecule has 2 N–H and O–H groups in total. The highest BCUT2D eigenvalue weighted by molar-refractivity contribution is 5.91. The van der Waals surface area contributed by atoms with Crippen molar-refractivity contribution in [3.8, 4) is 0 Å². The van der Waals surface area contributed by atoms with Crippen LogP contribution in [0.3, 0.4) is 0 Å². The molecular weight excluding hydrogens is 206 g/mol. The summed E-state index contributed by atoms with van der Waals surface area (Å²) in [6.07, 6.45) is 3.00. The molecule has 0 saturated carbocycles. The van der Waals surface area contributed by atoms with Gasteiger partial charge in [0.15, 0.2) is 0 Å². The van der Waals surface area contributed by atoms with Gasteiger partial charge in [-0.1, -0.05) is 30.3 Å². The molecule has 1 amide bonds. The third-order valence-electron chi connectivity index (χ3n) is 1.86. The van der Waals surface area contributed by atoms with Gasteiger partial charge in [-0.15, -0.1) is 0 Å². The predicted octanol–water partition coefficient (Wildman–Crippen LogP) is 1.29. The normalized spacial score (nSPS) is 10.2. The van der Waals surface area contributed by atoms with E-state index in [0.717, 1.165) is 5.56 Å². The molecular formula is C12H13NO3. The van der Waals surface area contributed by atoms with Crippen molar-refractivity contribution in [3.05, 3.63) is 42.0 Å². The van der Waals surface area contributed by atoms with Gasteiger partial charge in [0.1, 0.15) is 0 Å². The van der Waals surface area contributed by atoms with E-state index in [1.807, 2.05) is 30.3 Å². The number of carboxylic acid groups (broad SMARTS) is 1. The van der Waals surface area contributed by atoms with Gasteiger partial charge in [-0.3, -0.25) is 9.59 Å². The third-order valence-corrected chi connectivity index (χ3v) is 1.86. The number of carbonyl (C=O) groups excluding carboxylic acids is 1. The summed E-state index contributed by atoms with van der Waals surface area (Å²) in [5.74, 6) is -1.21. The summed E-state index contributed by atoms with van der Waals surface area (Å²) < 4.78 is 0. The van der Waals surface area contributed by atoms with Crippen LogP contribution in [0, 0.1) is 0 Å². The Labute approximate surface area is 93.6 Å². The average molecular weight is 219 g/mol. The highest BCUT2D eigenvalue weighted by Crippen LogP contribution is 2.00. The fourth-order valence-electron chi connectivity index (χ4n) is 1.09. The molecule has 0 radical (unpaired) electrons. The molecule has 0 bridgehead atoms. The van der Waals surface area contributed by atoms with Gasteiger partial charge < -0.3 is 10.4 Å². The van der Waals surface area contributed by atoms with Gasteiger partial charge >= 0.3 is 5.97 Å². The summed E-state index contributed by atoms with van der Waals surface area (Å²) in [6.45, 7) is 0.146. The third kappa shape index (κ3) is 4.95. The minimum Gasteiger partial charge on any atom is -0.481 e. The number of aliphatic carboxylic acids is 1. The molecule has 1 aromatic rings. The summed E-state index contributed by atoms with van der Waals surface area (Å²) in [5.41, 5.74) is 0.927. The first-order chi connectivity index (χ1) is 7.68. The van der Waals surface area contributed by atoms with Crippen molar-refractivity contribution in [2.75, 3.05) is 6.54 Å². The van der Waals surface area contributed by atoms with Gasteiger partial charge in [0.25, 0.3) is 0 Å². The fourth-order valence-corrected chi connectivity index (χ4v) is 1.09. The molecule has 0 atom stereocenters. The maximum Gasteiger partial charge on any atom is 0.305 e. The van der Waals surface area contributed by atoms with Gasteiger partial charge in [0.2, 0.25) is 5.91 Å². The number of benzene rings is 1. The first kappa shape index (κ1) is 12.0. The van der Waals surface area contributed by atoms with E-state index in [0.29, 0.717) is 0 Å².